The summed E-state index contributed by atoms with van der Waals surface area (Å²) >= 11 is 0. The smallest absolute Gasteiger partial charge is 0.0152 e. The number of hydrogen-bond donors (Lipinski definition) is 0. The summed E-state index contributed by atoms with van der Waals surface area (Å²) in [4.78, 5) is 0. The van der Waals surface area contributed by atoms with Gasteiger partial charge in [0.1, 0.15) is 0 Å². The van der Waals surface area contributed by atoms with Gasteiger partial charge in [0.05, 0.1) is 0 Å². The fraction of sp³-hybridized carbons (Fsp3) is 0.125. The number of rotatable bonds is 1. The standard InChI is InChI=1S/C8H8/c1-2-8-6-4-3-5-7-8/h2,4-6H,1,3H2. The molecule has 0 saturated heterocycles. The molecule has 0 spiro atoms. The van der Waals surface area contributed by atoms with Gasteiger partial charge in [0.2, 0.25) is 0 Å². The molecule has 0 aromatic carbocycles. The van der Waals surface area contributed by atoms with Crippen molar-refractivity contribution in [2.75, 3.05) is 0 Å². The molecule has 0 N–H and O–H groups in total. The first-order valence-corrected chi connectivity index (χ1v) is 2.67. The molecule has 0 nitrogen and oxygen atoms in total. The summed E-state index contributed by atoms with van der Waals surface area (Å²) in [5.41, 5.74) is 4.14. The third kappa shape index (κ3) is 0.988. The lowest BCUT2D eigenvalue weighted by atomic mass is 10.2. The van der Waals surface area contributed by atoms with Gasteiger partial charge in [-0.1, -0.05) is 24.8 Å². The highest BCUT2D eigenvalue weighted by Crippen LogP contribution is 2.01. The SMILES string of the molecule is C=CC1=C=CCC=C1. The third-order valence-electron chi connectivity index (χ3n) is 1.04. The van der Waals surface area contributed by atoms with Crippen molar-refractivity contribution in [2.45, 2.75) is 6.42 Å². The van der Waals surface area contributed by atoms with Gasteiger partial charge in [-0.05, 0) is 12.5 Å². The molecule has 0 heterocycles. The first-order valence-electron chi connectivity index (χ1n) is 2.67. The molecular weight excluding hydrogens is 96.1 g/mol. The summed E-state index contributed by atoms with van der Waals surface area (Å²) in [5.74, 6) is 0. The van der Waals surface area contributed by atoms with E-state index >= 15 is 0 Å². The number of hydrogen-bond acceptors (Lipinski definition) is 0. The largest absolute Gasteiger partial charge is 0.117 e. The Labute approximate surface area is 49.5 Å². The van der Waals surface area contributed by atoms with Crippen molar-refractivity contribution in [1.29, 1.82) is 0 Å². The highest BCUT2D eigenvalue weighted by atomic mass is 13.9. The monoisotopic (exact) mass is 104 g/mol. The van der Waals surface area contributed by atoms with Crippen LogP contribution in [0.4, 0.5) is 0 Å². The zero-order chi connectivity index (χ0) is 5.82. The predicted molar refractivity (Wildman–Crippen MR) is 35.5 cm³/mol. The van der Waals surface area contributed by atoms with Gasteiger partial charge in [-0.25, -0.2) is 0 Å². The topological polar surface area (TPSA) is 0 Å². The predicted octanol–water partition coefficient (Wildman–Crippen LogP) is 2.21. The fourth-order valence-corrected chi connectivity index (χ4v) is 0.615. The van der Waals surface area contributed by atoms with Crippen molar-refractivity contribution in [3.05, 3.63) is 42.2 Å². The summed E-state index contributed by atoms with van der Waals surface area (Å²) in [6.45, 7) is 3.61. The van der Waals surface area contributed by atoms with Crippen LogP contribution >= 0.6 is 0 Å². The molecule has 0 bridgehead atoms. The summed E-state index contributed by atoms with van der Waals surface area (Å²) in [6.07, 6.45) is 8.92. The van der Waals surface area contributed by atoms with Crippen LogP contribution in [0.2, 0.25) is 0 Å². The van der Waals surface area contributed by atoms with E-state index in [1.165, 1.54) is 0 Å². The van der Waals surface area contributed by atoms with Crippen molar-refractivity contribution >= 4 is 0 Å². The molecule has 0 unspecified atom stereocenters. The molecule has 0 aromatic heterocycles. The van der Waals surface area contributed by atoms with Crippen LogP contribution in [0.5, 0.6) is 0 Å². The summed E-state index contributed by atoms with van der Waals surface area (Å²) < 4.78 is 0. The van der Waals surface area contributed by atoms with E-state index in [0.29, 0.717) is 0 Å². The second kappa shape index (κ2) is 2.34. The lowest BCUT2D eigenvalue weighted by Crippen LogP contribution is -1.70. The molecule has 0 fully saturated rings. The van der Waals surface area contributed by atoms with Crippen molar-refractivity contribution in [2.24, 2.45) is 0 Å². The fourth-order valence-electron chi connectivity index (χ4n) is 0.615. The minimum absolute atomic E-state index is 1.01. The van der Waals surface area contributed by atoms with E-state index < -0.39 is 0 Å². The normalized spacial score (nSPS) is 15.8. The van der Waals surface area contributed by atoms with Crippen LogP contribution in [0, 0.1) is 0 Å². The zero-order valence-electron chi connectivity index (χ0n) is 4.72. The Kier molecular flexibility index (Phi) is 1.51. The average molecular weight is 104 g/mol. The maximum atomic E-state index is 3.61. The Morgan fingerprint density at radius 2 is 2.62 bits per heavy atom. The van der Waals surface area contributed by atoms with Gasteiger partial charge < -0.3 is 0 Å². The second-order valence-electron chi connectivity index (χ2n) is 1.65. The van der Waals surface area contributed by atoms with Crippen molar-refractivity contribution in [1.82, 2.24) is 0 Å². The minimum Gasteiger partial charge on any atom is -0.117 e. The first-order chi connectivity index (χ1) is 3.93. The molecule has 1 aliphatic carbocycles. The Morgan fingerprint density at radius 1 is 1.75 bits per heavy atom. The van der Waals surface area contributed by atoms with E-state index in [1.807, 2.05) is 12.2 Å². The van der Waals surface area contributed by atoms with Crippen LogP contribution in [0.3, 0.4) is 0 Å². The third-order valence-corrected chi connectivity index (χ3v) is 1.04. The van der Waals surface area contributed by atoms with Gasteiger partial charge in [0.25, 0.3) is 0 Å². The van der Waals surface area contributed by atoms with Gasteiger partial charge in [-0.2, -0.15) is 0 Å². The molecule has 1 rings (SSSR count). The van der Waals surface area contributed by atoms with E-state index in [9.17, 15) is 0 Å². The van der Waals surface area contributed by atoms with Crippen LogP contribution in [0.25, 0.3) is 0 Å². The highest BCUT2D eigenvalue weighted by Gasteiger charge is 1.82. The maximum Gasteiger partial charge on any atom is 0.0152 e. The second-order valence-corrected chi connectivity index (χ2v) is 1.65. The minimum atomic E-state index is 1.01. The molecule has 0 radical (unpaired) electrons. The molecule has 0 atom stereocenters. The van der Waals surface area contributed by atoms with Crippen LogP contribution in [0.1, 0.15) is 6.42 Å². The zero-order valence-corrected chi connectivity index (χ0v) is 4.72. The quantitative estimate of drug-likeness (QED) is 0.447. The van der Waals surface area contributed by atoms with Gasteiger partial charge in [0.15, 0.2) is 0 Å². The Balaban J connectivity index is 2.90. The molecule has 0 aliphatic heterocycles. The number of allylic oxidation sites excluding steroid dienone is 4. The van der Waals surface area contributed by atoms with Crippen LogP contribution in [0.15, 0.2) is 42.2 Å². The highest BCUT2D eigenvalue weighted by molar-refractivity contribution is 5.31. The summed E-state index contributed by atoms with van der Waals surface area (Å²) in [5, 5.41) is 0. The van der Waals surface area contributed by atoms with E-state index in [0.717, 1.165) is 12.0 Å². The van der Waals surface area contributed by atoms with E-state index in [-0.39, 0.29) is 0 Å². The summed E-state index contributed by atoms with van der Waals surface area (Å²) in [6, 6.07) is 0. The lowest BCUT2D eigenvalue weighted by Gasteiger charge is -1.89. The van der Waals surface area contributed by atoms with Crippen LogP contribution in [-0.2, 0) is 0 Å². The van der Waals surface area contributed by atoms with Gasteiger partial charge in [-0.15, -0.1) is 5.73 Å². The molecule has 0 heteroatoms. The van der Waals surface area contributed by atoms with Crippen LogP contribution < -0.4 is 0 Å². The molecular formula is C8H8. The lowest BCUT2D eigenvalue weighted by molar-refractivity contribution is 1.36. The molecule has 0 amide bonds. The van der Waals surface area contributed by atoms with Crippen molar-refractivity contribution in [3.63, 3.8) is 0 Å². The van der Waals surface area contributed by atoms with Gasteiger partial charge >= 0.3 is 0 Å². The van der Waals surface area contributed by atoms with Gasteiger partial charge in [-0.3, -0.25) is 0 Å². The molecule has 0 aromatic rings. The maximum absolute atomic E-state index is 3.61. The summed E-state index contributed by atoms with van der Waals surface area (Å²) in [7, 11) is 0. The Hall–Kier alpha value is -1.00. The van der Waals surface area contributed by atoms with E-state index in [4.69, 9.17) is 0 Å². The molecule has 1 aliphatic rings. The van der Waals surface area contributed by atoms with Crippen molar-refractivity contribution in [3.8, 4) is 0 Å². The average Bonchev–Trinajstić information content (AvgIpc) is 1.90. The Morgan fingerprint density at radius 3 is 3.00 bits per heavy atom. The molecule has 40 valence electrons. The van der Waals surface area contributed by atoms with Crippen molar-refractivity contribution < 1.29 is 0 Å². The van der Waals surface area contributed by atoms with E-state index in [1.54, 1.807) is 6.08 Å². The first kappa shape index (κ1) is 5.14. The Bertz CT molecular complexity index is 176. The van der Waals surface area contributed by atoms with E-state index in [2.05, 4.69) is 18.4 Å². The molecule has 8 heavy (non-hydrogen) atoms. The van der Waals surface area contributed by atoms with Crippen LogP contribution in [-0.4, -0.2) is 0 Å². The molecule has 0 saturated carbocycles. The van der Waals surface area contributed by atoms with Gasteiger partial charge in [0, 0.05) is 5.57 Å².